The molecule has 0 spiro atoms. The molecular formula is C27H22F2IrN3O. The topological polar surface area (TPSA) is 28.6 Å². The SMILES string of the molecule is COc1ccnc(-c2[c-]cc(F)cc2F)c1.[Ir+3].[c-]1ccccc1N1[CH-]N(c2ccccc2)CC1. The molecule has 0 unspecified atom stereocenters. The van der Waals surface area contributed by atoms with Gasteiger partial charge >= 0.3 is 20.1 Å². The van der Waals surface area contributed by atoms with Gasteiger partial charge in [0.25, 0.3) is 0 Å². The average molecular weight is 635 g/mol. The molecule has 7 heteroatoms. The normalized spacial score (nSPS) is 12.4. The van der Waals surface area contributed by atoms with E-state index in [1.165, 1.54) is 19.0 Å². The Morgan fingerprint density at radius 1 is 0.941 bits per heavy atom. The molecule has 0 bridgehead atoms. The maximum Gasteiger partial charge on any atom is 3.00 e. The summed E-state index contributed by atoms with van der Waals surface area (Å²) >= 11 is 0. The van der Waals surface area contributed by atoms with Gasteiger partial charge in [-0.15, -0.1) is 17.8 Å². The number of ether oxygens (including phenoxy) is 1. The van der Waals surface area contributed by atoms with Crippen LogP contribution in [-0.4, -0.2) is 25.2 Å². The van der Waals surface area contributed by atoms with Crippen molar-refractivity contribution in [2.45, 2.75) is 0 Å². The van der Waals surface area contributed by atoms with Gasteiger partial charge in [-0.2, -0.15) is 37.0 Å². The smallest absolute Gasteiger partial charge is 0.522 e. The zero-order chi connectivity index (χ0) is 23.0. The minimum absolute atomic E-state index is 0. The van der Waals surface area contributed by atoms with Crippen molar-refractivity contribution in [3.05, 3.63) is 115 Å². The van der Waals surface area contributed by atoms with Crippen LogP contribution in [0.2, 0.25) is 0 Å². The first-order chi connectivity index (χ1) is 16.1. The number of methoxy groups -OCH3 is 1. The van der Waals surface area contributed by atoms with E-state index in [0.717, 1.165) is 30.9 Å². The zero-order valence-corrected chi connectivity index (χ0v) is 20.8. The third-order valence-electron chi connectivity index (χ3n) is 5.03. The second-order valence-electron chi connectivity index (χ2n) is 7.21. The van der Waals surface area contributed by atoms with E-state index >= 15 is 0 Å². The molecule has 4 aromatic rings. The van der Waals surface area contributed by atoms with E-state index in [-0.39, 0.29) is 25.7 Å². The van der Waals surface area contributed by atoms with Gasteiger partial charge in [0.2, 0.25) is 0 Å². The summed E-state index contributed by atoms with van der Waals surface area (Å²) in [6, 6.07) is 29.4. The summed E-state index contributed by atoms with van der Waals surface area (Å²) in [5, 5.41) is 0. The monoisotopic (exact) mass is 635 g/mol. The molecule has 174 valence electrons. The molecule has 0 aliphatic carbocycles. The van der Waals surface area contributed by atoms with Crippen LogP contribution in [0.3, 0.4) is 0 Å². The molecule has 2 heterocycles. The molecule has 0 radical (unpaired) electrons. The van der Waals surface area contributed by atoms with Gasteiger partial charge in [0.15, 0.2) is 0 Å². The largest absolute Gasteiger partial charge is 3.00 e. The number of aromatic nitrogens is 1. The predicted molar refractivity (Wildman–Crippen MR) is 126 cm³/mol. The first-order valence-corrected chi connectivity index (χ1v) is 10.4. The van der Waals surface area contributed by atoms with E-state index in [9.17, 15) is 8.78 Å². The Labute approximate surface area is 212 Å². The van der Waals surface area contributed by atoms with Crippen LogP contribution >= 0.6 is 0 Å². The van der Waals surface area contributed by atoms with E-state index in [4.69, 9.17) is 4.74 Å². The van der Waals surface area contributed by atoms with Crippen molar-refractivity contribution < 1.29 is 33.6 Å². The molecule has 1 aromatic heterocycles. The van der Waals surface area contributed by atoms with Crippen LogP contribution in [0.1, 0.15) is 0 Å². The molecule has 0 atom stereocenters. The fraction of sp³-hybridized carbons (Fsp3) is 0.111. The molecule has 0 saturated carbocycles. The molecule has 0 N–H and O–H groups in total. The Morgan fingerprint density at radius 2 is 1.71 bits per heavy atom. The van der Waals surface area contributed by atoms with E-state index in [1.807, 2.05) is 24.3 Å². The first-order valence-electron chi connectivity index (χ1n) is 10.4. The summed E-state index contributed by atoms with van der Waals surface area (Å²) in [4.78, 5) is 8.47. The van der Waals surface area contributed by atoms with Gasteiger partial charge in [-0.3, -0.25) is 8.78 Å². The quantitative estimate of drug-likeness (QED) is 0.267. The second kappa shape index (κ2) is 12.3. The fourth-order valence-corrected chi connectivity index (χ4v) is 3.38. The molecule has 1 saturated heterocycles. The van der Waals surface area contributed by atoms with Gasteiger partial charge < -0.3 is 19.5 Å². The van der Waals surface area contributed by atoms with Crippen LogP contribution in [0.25, 0.3) is 11.3 Å². The number of rotatable bonds is 4. The molecule has 3 aromatic carbocycles. The zero-order valence-electron chi connectivity index (χ0n) is 18.4. The molecule has 34 heavy (non-hydrogen) atoms. The van der Waals surface area contributed by atoms with Crippen LogP contribution in [0, 0.1) is 30.4 Å². The number of hydrogen-bond donors (Lipinski definition) is 0. The number of benzene rings is 3. The fourth-order valence-electron chi connectivity index (χ4n) is 3.38. The number of halogens is 2. The van der Waals surface area contributed by atoms with Crippen molar-refractivity contribution in [3.8, 4) is 17.0 Å². The van der Waals surface area contributed by atoms with Crippen molar-refractivity contribution in [2.75, 3.05) is 30.0 Å². The molecule has 0 amide bonds. The Balaban J connectivity index is 0.000000186. The number of anilines is 2. The third kappa shape index (κ3) is 6.40. The first kappa shape index (κ1) is 25.3. The van der Waals surface area contributed by atoms with E-state index in [0.29, 0.717) is 11.4 Å². The summed E-state index contributed by atoms with van der Waals surface area (Å²) in [5.41, 5.74) is 2.86. The Morgan fingerprint density at radius 3 is 2.41 bits per heavy atom. The van der Waals surface area contributed by atoms with Crippen molar-refractivity contribution in [3.63, 3.8) is 0 Å². The molecule has 4 nitrogen and oxygen atoms in total. The number of nitrogens with zero attached hydrogens (tertiary/aromatic N) is 3. The summed E-state index contributed by atoms with van der Waals surface area (Å²) in [7, 11) is 1.50. The van der Waals surface area contributed by atoms with Gasteiger partial charge in [-0.05, 0) is 30.0 Å². The Kier molecular flexibility index (Phi) is 9.14. The molecular weight excluding hydrogens is 613 g/mol. The van der Waals surface area contributed by atoms with Crippen molar-refractivity contribution >= 4 is 11.4 Å². The van der Waals surface area contributed by atoms with Gasteiger partial charge in [-0.1, -0.05) is 29.8 Å². The van der Waals surface area contributed by atoms with E-state index in [2.05, 4.69) is 63.9 Å². The van der Waals surface area contributed by atoms with Crippen LogP contribution in [0.4, 0.5) is 20.2 Å². The van der Waals surface area contributed by atoms with Crippen molar-refractivity contribution in [1.82, 2.24) is 4.98 Å². The van der Waals surface area contributed by atoms with Crippen LogP contribution in [0.15, 0.2) is 85.1 Å². The van der Waals surface area contributed by atoms with Gasteiger partial charge in [-0.25, -0.2) is 0 Å². The Hall–Kier alpha value is -3.28. The maximum absolute atomic E-state index is 13.4. The van der Waals surface area contributed by atoms with Crippen molar-refractivity contribution in [2.24, 2.45) is 0 Å². The van der Waals surface area contributed by atoms with Gasteiger partial charge in [0.05, 0.1) is 7.11 Å². The van der Waals surface area contributed by atoms with Crippen LogP contribution in [-0.2, 0) is 20.1 Å². The summed E-state index contributed by atoms with van der Waals surface area (Å²) in [6.07, 6.45) is 1.49. The Bertz CT molecular complexity index is 1130. The maximum atomic E-state index is 13.4. The van der Waals surface area contributed by atoms with E-state index in [1.54, 1.807) is 12.1 Å². The number of para-hydroxylation sites is 2. The molecule has 1 fully saturated rings. The van der Waals surface area contributed by atoms with Gasteiger partial charge in [0.1, 0.15) is 5.75 Å². The second-order valence-corrected chi connectivity index (χ2v) is 7.21. The molecule has 1 aliphatic rings. The number of pyridine rings is 1. The van der Waals surface area contributed by atoms with Crippen LogP contribution in [0.5, 0.6) is 5.75 Å². The standard InChI is InChI=1S/C15H14N2.C12H8F2NO.Ir/c1-3-7-14(8-4-1)16-11-12-17(13-16)15-9-5-2-6-10-15;1-16-9-4-5-15-12(7-9)10-3-2-8(13)6-11(10)14;/h1-9,13H,11-12H2;2,4-7H,1H3;/q-2;-1;+3. The minimum Gasteiger partial charge on any atom is -0.522 e. The van der Waals surface area contributed by atoms with Gasteiger partial charge in [0, 0.05) is 36.6 Å². The summed E-state index contributed by atoms with van der Waals surface area (Å²) < 4.78 is 31.1. The molecule has 5 rings (SSSR count). The number of hydrogen-bond acceptors (Lipinski definition) is 4. The third-order valence-corrected chi connectivity index (χ3v) is 5.03. The summed E-state index contributed by atoms with van der Waals surface area (Å²) in [6.45, 7) is 4.18. The van der Waals surface area contributed by atoms with Crippen LogP contribution < -0.4 is 14.5 Å². The minimum atomic E-state index is -0.694. The summed E-state index contributed by atoms with van der Waals surface area (Å²) in [5.74, 6) is -0.799. The predicted octanol–water partition coefficient (Wildman–Crippen LogP) is 5.77. The van der Waals surface area contributed by atoms with Crippen molar-refractivity contribution in [1.29, 1.82) is 0 Å². The van der Waals surface area contributed by atoms with E-state index < -0.39 is 11.6 Å². The molecule has 1 aliphatic heterocycles. The average Bonchev–Trinajstić information content (AvgIpc) is 3.36.